The van der Waals surface area contributed by atoms with Crippen molar-refractivity contribution in [3.63, 3.8) is 0 Å². The lowest BCUT2D eigenvalue weighted by atomic mass is 10.3. The fourth-order valence-corrected chi connectivity index (χ4v) is 1.45. The first kappa shape index (κ1) is 14.2. The van der Waals surface area contributed by atoms with Crippen LogP contribution in [0.1, 0.15) is 26.5 Å². The van der Waals surface area contributed by atoms with Crippen LogP contribution >= 0.6 is 0 Å². The molecule has 0 saturated heterocycles. The van der Waals surface area contributed by atoms with Gasteiger partial charge in [0.05, 0.1) is 13.0 Å². The Morgan fingerprint density at radius 3 is 2.67 bits per heavy atom. The molecule has 1 N–H and O–H groups in total. The van der Waals surface area contributed by atoms with E-state index >= 15 is 0 Å². The summed E-state index contributed by atoms with van der Waals surface area (Å²) in [6.07, 6.45) is 0.423. The first-order valence-electron chi connectivity index (χ1n) is 5.67. The van der Waals surface area contributed by atoms with Crippen LogP contribution < -0.4 is 11.2 Å². The highest BCUT2D eigenvalue weighted by molar-refractivity contribution is 5.69. The monoisotopic (exact) mass is 256 g/mol. The van der Waals surface area contributed by atoms with Crippen molar-refractivity contribution in [3.05, 3.63) is 33.1 Å². The van der Waals surface area contributed by atoms with Gasteiger partial charge < -0.3 is 9.47 Å². The van der Waals surface area contributed by atoms with Gasteiger partial charge in [-0.3, -0.25) is 19.1 Å². The summed E-state index contributed by atoms with van der Waals surface area (Å²) in [6, 6.07) is 1.19. The van der Waals surface area contributed by atoms with Gasteiger partial charge in [-0.2, -0.15) is 0 Å². The lowest BCUT2D eigenvalue weighted by Gasteiger charge is -2.18. The maximum Gasteiger partial charge on any atom is 0.330 e. The summed E-state index contributed by atoms with van der Waals surface area (Å²) in [5, 5.41) is 0. The van der Waals surface area contributed by atoms with Gasteiger partial charge in [0.15, 0.2) is 0 Å². The summed E-state index contributed by atoms with van der Waals surface area (Å²) in [5.41, 5.74) is -1.12. The second-order valence-corrected chi connectivity index (χ2v) is 3.44. The number of H-pyrrole nitrogens is 1. The van der Waals surface area contributed by atoms with E-state index in [0.717, 1.165) is 4.57 Å². The molecule has 1 heterocycles. The highest BCUT2D eigenvalue weighted by Crippen LogP contribution is 2.11. The van der Waals surface area contributed by atoms with Gasteiger partial charge in [-0.1, -0.05) is 0 Å². The van der Waals surface area contributed by atoms with Crippen molar-refractivity contribution in [3.8, 4) is 0 Å². The Hall–Kier alpha value is -1.89. The molecular formula is C11H16N2O5. The van der Waals surface area contributed by atoms with Crippen LogP contribution in [0.5, 0.6) is 0 Å². The lowest BCUT2D eigenvalue weighted by Crippen LogP contribution is -2.33. The summed E-state index contributed by atoms with van der Waals surface area (Å²) in [4.78, 5) is 36.0. The minimum absolute atomic E-state index is 0.0897. The van der Waals surface area contributed by atoms with Crippen molar-refractivity contribution in [2.24, 2.45) is 0 Å². The third-order valence-electron chi connectivity index (χ3n) is 2.17. The highest BCUT2D eigenvalue weighted by Gasteiger charge is 2.17. The topological polar surface area (TPSA) is 90.4 Å². The minimum atomic E-state index is -0.779. The van der Waals surface area contributed by atoms with Gasteiger partial charge in [0.2, 0.25) is 0 Å². The van der Waals surface area contributed by atoms with Crippen molar-refractivity contribution in [2.45, 2.75) is 26.5 Å². The number of esters is 1. The summed E-state index contributed by atoms with van der Waals surface area (Å²) in [5.74, 6) is -0.464. The smallest absolute Gasteiger partial charge is 0.330 e. The number of nitrogens with one attached hydrogen (secondary N) is 1. The fraction of sp³-hybridized carbons (Fsp3) is 0.545. The van der Waals surface area contributed by atoms with E-state index in [1.165, 1.54) is 12.3 Å². The summed E-state index contributed by atoms with van der Waals surface area (Å²) >= 11 is 0. The molecule has 18 heavy (non-hydrogen) atoms. The Morgan fingerprint density at radius 2 is 2.11 bits per heavy atom. The van der Waals surface area contributed by atoms with Crippen LogP contribution in [0, 0.1) is 0 Å². The molecule has 0 aliphatic rings. The van der Waals surface area contributed by atoms with E-state index in [9.17, 15) is 14.4 Å². The maximum atomic E-state index is 11.6. The van der Waals surface area contributed by atoms with Crippen LogP contribution in [0.4, 0.5) is 0 Å². The zero-order valence-electron chi connectivity index (χ0n) is 10.3. The Balaban J connectivity index is 2.93. The zero-order valence-corrected chi connectivity index (χ0v) is 10.3. The predicted molar refractivity (Wildman–Crippen MR) is 63.2 cm³/mol. The highest BCUT2D eigenvalue weighted by atomic mass is 16.5. The van der Waals surface area contributed by atoms with Crippen molar-refractivity contribution >= 4 is 5.97 Å². The number of aromatic nitrogens is 2. The van der Waals surface area contributed by atoms with E-state index in [1.54, 1.807) is 13.8 Å². The third kappa shape index (κ3) is 3.85. The van der Waals surface area contributed by atoms with Crippen molar-refractivity contribution in [1.29, 1.82) is 0 Å². The number of carbonyl (C=O) groups excluding carboxylic acids is 1. The van der Waals surface area contributed by atoms with Crippen LogP contribution in [0.15, 0.2) is 21.9 Å². The molecule has 100 valence electrons. The van der Waals surface area contributed by atoms with Crippen LogP contribution in [-0.4, -0.2) is 28.7 Å². The summed E-state index contributed by atoms with van der Waals surface area (Å²) in [7, 11) is 0. The van der Waals surface area contributed by atoms with Gasteiger partial charge in [-0.05, 0) is 13.8 Å². The average Bonchev–Trinajstić information content (AvgIpc) is 2.29. The number of ether oxygens (including phenoxy) is 2. The number of aromatic amines is 1. The molecule has 1 atom stereocenters. The first-order chi connectivity index (χ1) is 8.58. The van der Waals surface area contributed by atoms with E-state index in [0.29, 0.717) is 6.61 Å². The molecule has 0 aromatic carbocycles. The standard InChI is InChI=1S/C11H16N2O5/c1-3-17-9(7-10(15)18-4-2)13-6-5-8(14)12-11(13)16/h5-6,9H,3-4,7H2,1-2H3,(H,12,14,16). The summed E-state index contributed by atoms with van der Waals surface area (Å²) < 4.78 is 11.3. The van der Waals surface area contributed by atoms with Crippen LogP contribution in [0.2, 0.25) is 0 Å². The van der Waals surface area contributed by atoms with E-state index < -0.39 is 23.4 Å². The SMILES string of the molecule is CCOC(=O)CC(OCC)n1ccc(=O)[nH]c1=O. The molecule has 7 heteroatoms. The average molecular weight is 256 g/mol. The van der Waals surface area contributed by atoms with Gasteiger partial charge in [0.1, 0.15) is 6.23 Å². The Bertz CT molecular complexity index is 505. The second kappa shape index (κ2) is 6.75. The Morgan fingerprint density at radius 1 is 1.39 bits per heavy atom. The largest absolute Gasteiger partial charge is 0.466 e. The Labute approximate surface area is 103 Å². The minimum Gasteiger partial charge on any atom is -0.466 e. The molecule has 0 aliphatic heterocycles. The van der Waals surface area contributed by atoms with E-state index in [1.807, 2.05) is 0 Å². The summed E-state index contributed by atoms with van der Waals surface area (Å²) in [6.45, 7) is 4.03. The normalized spacial score (nSPS) is 12.1. The number of nitrogens with zero attached hydrogens (tertiary/aromatic N) is 1. The molecule has 1 rings (SSSR count). The predicted octanol–water partition coefficient (Wildman–Crippen LogP) is 0.0249. The van der Waals surface area contributed by atoms with E-state index in [2.05, 4.69) is 4.98 Å². The fourth-order valence-electron chi connectivity index (χ4n) is 1.45. The molecule has 0 aliphatic carbocycles. The van der Waals surface area contributed by atoms with Gasteiger partial charge in [-0.25, -0.2) is 4.79 Å². The van der Waals surface area contributed by atoms with Gasteiger partial charge >= 0.3 is 11.7 Å². The van der Waals surface area contributed by atoms with Crippen molar-refractivity contribution in [1.82, 2.24) is 9.55 Å². The molecule has 1 aromatic heterocycles. The molecule has 1 unspecified atom stereocenters. The number of rotatable bonds is 6. The van der Waals surface area contributed by atoms with E-state index in [-0.39, 0.29) is 13.0 Å². The molecule has 0 radical (unpaired) electrons. The molecular weight excluding hydrogens is 240 g/mol. The molecule has 7 nitrogen and oxygen atoms in total. The number of hydrogen-bond acceptors (Lipinski definition) is 5. The molecule has 0 saturated carbocycles. The molecule has 0 bridgehead atoms. The van der Waals surface area contributed by atoms with Gasteiger partial charge in [-0.15, -0.1) is 0 Å². The first-order valence-corrected chi connectivity index (χ1v) is 5.67. The van der Waals surface area contributed by atoms with Gasteiger partial charge in [0, 0.05) is 18.9 Å². The number of carbonyl (C=O) groups is 1. The third-order valence-corrected chi connectivity index (χ3v) is 2.17. The van der Waals surface area contributed by atoms with Crippen molar-refractivity contribution < 1.29 is 14.3 Å². The molecule has 0 spiro atoms. The quantitative estimate of drug-likeness (QED) is 0.725. The van der Waals surface area contributed by atoms with Crippen LogP contribution in [0.3, 0.4) is 0 Å². The second-order valence-electron chi connectivity index (χ2n) is 3.44. The maximum absolute atomic E-state index is 11.6. The Kier molecular flexibility index (Phi) is 5.31. The van der Waals surface area contributed by atoms with Crippen LogP contribution in [-0.2, 0) is 14.3 Å². The zero-order chi connectivity index (χ0) is 13.5. The van der Waals surface area contributed by atoms with Gasteiger partial charge in [0.25, 0.3) is 5.56 Å². The molecule has 1 aromatic rings. The molecule has 0 fully saturated rings. The van der Waals surface area contributed by atoms with Crippen molar-refractivity contribution in [2.75, 3.05) is 13.2 Å². The number of hydrogen-bond donors (Lipinski definition) is 1. The molecule has 0 amide bonds. The lowest BCUT2D eigenvalue weighted by molar-refractivity contribution is -0.148. The van der Waals surface area contributed by atoms with E-state index in [4.69, 9.17) is 9.47 Å². The van der Waals surface area contributed by atoms with Crippen LogP contribution in [0.25, 0.3) is 0 Å².